The highest BCUT2D eigenvalue weighted by Crippen LogP contribution is 2.31. The summed E-state index contributed by atoms with van der Waals surface area (Å²) in [7, 11) is 0. The first kappa shape index (κ1) is 8.31. The Balaban J connectivity index is 2.59. The maximum absolute atomic E-state index is 5.66. The molecule has 0 radical (unpaired) electrons. The van der Waals surface area contributed by atoms with E-state index in [1.165, 1.54) is 10.4 Å². The summed E-state index contributed by atoms with van der Waals surface area (Å²) < 4.78 is 0. The number of nitrogen functional groups attached to an aromatic ring is 1. The predicted octanol–water partition coefficient (Wildman–Crippen LogP) is 2.34. The molecule has 3 N–H and O–H groups in total. The maximum Gasteiger partial charge on any atom is 0.148 e. The van der Waals surface area contributed by atoms with E-state index in [4.69, 9.17) is 5.73 Å². The summed E-state index contributed by atoms with van der Waals surface area (Å²) in [5, 5.41) is 9.00. The number of rotatable bonds is 1. The van der Waals surface area contributed by atoms with Crippen LogP contribution in [-0.4, -0.2) is 10.2 Å². The van der Waals surface area contributed by atoms with Crippen LogP contribution in [0.25, 0.3) is 10.6 Å². The van der Waals surface area contributed by atoms with Crippen LogP contribution in [0.2, 0.25) is 0 Å². The van der Waals surface area contributed by atoms with Gasteiger partial charge < -0.3 is 5.73 Å². The Labute approximate surface area is 80.6 Å². The molecule has 0 aliphatic carbocycles. The van der Waals surface area contributed by atoms with E-state index in [1.807, 2.05) is 6.92 Å². The van der Waals surface area contributed by atoms with Gasteiger partial charge >= 0.3 is 0 Å². The van der Waals surface area contributed by atoms with Gasteiger partial charge in [0.1, 0.15) is 5.82 Å². The lowest BCUT2D eigenvalue weighted by Crippen LogP contribution is -1.86. The predicted molar refractivity (Wildman–Crippen MR) is 55.8 cm³/mol. The molecule has 0 bridgehead atoms. The van der Waals surface area contributed by atoms with Gasteiger partial charge in [-0.25, -0.2) is 0 Å². The fourth-order valence-corrected chi connectivity index (χ4v) is 2.24. The molecule has 0 unspecified atom stereocenters. The largest absolute Gasteiger partial charge is 0.382 e. The normalized spacial score (nSPS) is 10.6. The molecule has 2 aromatic heterocycles. The minimum atomic E-state index is 0.586. The number of hydrogen-bond donors (Lipinski definition) is 2. The third kappa shape index (κ3) is 1.23. The maximum atomic E-state index is 5.66. The van der Waals surface area contributed by atoms with Crippen LogP contribution >= 0.6 is 11.3 Å². The molecule has 2 rings (SSSR count). The lowest BCUT2D eigenvalue weighted by atomic mass is 10.2. The number of aryl methyl sites for hydroxylation is 1. The summed E-state index contributed by atoms with van der Waals surface area (Å²) in [6, 6.07) is 2.09. The van der Waals surface area contributed by atoms with E-state index in [-0.39, 0.29) is 0 Å². The van der Waals surface area contributed by atoms with Crippen molar-refractivity contribution in [2.45, 2.75) is 13.8 Å². The van der Waals surface area contributed by atoms with Crippen LogP contribution < -0.4 is 5.73 Å². The minimum absolute atomic E-state index is 0.586. The van der Waals surface area contributed by atoms with E-state index in [1.54, 1.807) is 11.3 Å². The summed E-state index contributed by atoms with van der Waals surface area (Å²) in [6.07, 6.45) is 0. The molecular formula is C9H11N3S. The Bertz CT molecular complexity index is 428. The third-order valence-corrected chi connectivity index (χ3v) is 3.17. The number of nitrogens with zero attached hydrogens (tertiary/aromatic N) is 1. The van der Waals surface area contributed by atoms with Gasteiger partial charge in [0, 0.05) is 5.56 Å². The number of nitrogens with two attached hydrogens (primary N) is 1. The first-order valence-electron chi connectivity index (χ1n) is 4.05. The van der Waals surface area contributed by atoms with Crippen LogP contribution in [0.5, 0.6) is 0 Å². The zero-order valence-electron chi connectivity index (χ0n) is 7.59. The second-order valence-electron chi connectivity index (χ2n) is 3.04. The molecule has 4 heteroatoms. The average molecular weight is 193 g/mol. The third-order valence-electron chi connectivity index (χ3n) is 2.14. The first-order valence-corrected chi connectivity index (χ1v) is 4.93. The summed E-state index contributed by atoms with van der Waals surface area (Å²) in [4.78, 5) is 1.22. The van der Waals surface area contributed by atoms with Gasteiger partial charge in [-0.1, -0.05) is 0 Å². The van der Waals surface area contributed by atoms with Gasteiger partial charge in [0.05, 0.1) is 10.6 Å². The van der Waals surface area contributed by atoms with Crippen LogP contribution in [0.1, 0.15) is 11.1 Å². The number of H-pyrrole nitrogens is 1. The standard InChI is InChI=1S/C9H11N3S/c1-5-3-4-13-8(5)7-6(2)9(10)12-11-7/h3-4H,1-2H3,(H3,10,11,12). The van der Waals surface area contributed by atoms with E-state index in [2.05, 4.69) is 28.6 Å². The van der Waals surface area contributed by atoms with Crippen molar-refractivity contribution < 1.29 is 0 Å². The molecule has 13 heavy (non-hydrogen) atoms. The lowest BCUT2D eigenvalue weighted by molar-refractivity contribution is 1.10. The zero-order valence-corrected chi connectivity index (χ0v) is 8.40. The van der Waals surface area contributed by atoms with Gasteiger partial charge in [-0.05, 0) is 30.9 Å². The van der Waals surface area contributed by atoms with Crippen LogP contribution in [0.3, 0.4) is 0 Å². The van der Waals surface area contributed by atoms with Crippen molar-refractivity contribution in [2.75, 3.05) is 5.73 Å². The summed E-state index contributed by atoms with van der Waals surface area (Å²) in [5.74, 6) is 0.586. The van der Waals surface area contributed by atoms with E-state index >= 15 is 0 Å². The van der Waals surface area contributed by atoms with Crippen LogP contribution in [0.4, 0.5) is 5.82 Å². The Morgan fingerprint density at radius 2 is 2.23 bits per heavy atom. The monoisotopic (exact) mass is 193 g/mol. The molecule has 0 spiro atoms. The molecule has 68 valence electrons. The van der Waals surface area contributed by atoms with Crippen LogP contribution in [0, 0.1) is 13.8 Å². The molecule has 0 aliphatic rings. The topological polar surface area (TPSA) is 54.7 Å². The highest BCUT2D eigenvalue weighted by molar-refractivity contribution is 7.13. The molecule has 2 aromatic rings. The van der Waals surface area contributed by atoms with Crippen LogP contribution in [-0.2, 0) is 0 Å². The van der Waals surface area contributed by atoms with E-state index in [0.717, 1.165) is 11.3 Å². The van der Waals surface area contributed by atoms with Crippen molar-refractivity contribution >= 4 is 17.2 Å². The van der Waals surface area contributed by atoms with Crippen molar-refractivity contribution in [3.63, 3.8) is 0 Å². The van der Waals surface area contributed by atoms with Crippen LogP contribution in [0.15, 0.2) is 11.4 Å². The summed E-state index contributed by atoms with van der Waals surface area (Å²) in [5.41, 5.74) is 9.00. The van der Waals surface area contributed by atoms with Gasteiger partial charge in [-0.15, -0.1) is 11.3 Å². The molecule has 0 saturated heterocycles. The first-order chi connectivity index (χ1) is 6.20. The van der Waals surface area contributed by atoms with Crippen molar-refractivity contribution in [3.05, 3.63) is 22.6 Å². The lowest BCUT2D eigenvalue weighted by Gasteiger charge is -1.96. The van der Waals surface area contributed by atoms with Gasteiger partial charge in [-0.2, -0.15) is 5.10 Å². The van der Waals surface area contributed by atoms with Crippen molar-refractivity contribution in [1.82, 2.24) is 10.2 Å². The molecule has 2 heterocycles. The Hall–Kier alpha value is -1.29. The minimum Gasteiger partial charge on any atom is -0.382 e. The number of aromatic amines is 1. The van der Waals surface area contributed by atoms with E-state index in [9.17, 15) is 0 Å². The molecular weight excluding hydrogens is 182 g/mol. The smallest absolute Gasteiger partial charge is 0.148 e. The molecule has 0 aromatic carbocycles. The quantitative estimate of drug-likeness (QED) is 0.730. The zero-order chi connectivity index (χ0) is 9.42. The van der Waals surface area contributed by atoms with Crippen molar-refractivity contribution in [2.24, 2.45) is 0 Å². The fourth-order valence-electron chi connectivity index (χ4n) is 1.26. The Morgan fingerprint density at radius 3 is 2.69 bits per heavy atom. The molecule has 0 fully saturated rings. The SMILES string of the molecule is Cc1ccsc1-c1[nH]nc(N)c1C. The molecule has 0 atom stereocenters. The van der Waals surface area contributed by atoms with E-state index in [0.29, 0.717) is 5.82 Å². The molecule has 0 saturated carbocycles. The number of anilines is 1. The number of nitrogens with one attached hydrogen (secondary N) is 1. The Morgan fingerprint density at radius 1 is 1.46 bits per heavy atom. The number of thiophene rings is 1. The van der Waals surface area contributed by atoms with Gasteiger partial charge in [0.25, 0.3) is 0 Å². The highest BCUT2D eigenvalue weighted by atomic mass is 32.1. The highest BCUT2D eigenvalue weighted by Gasteiger charge is 2.10. The second kappa shape index (κ2) is 2.88. The summed E-state index contributed by atoms with van der Waals surface area (Å²) in [6.45, 7) is 4.07. The van der Waals surface area contributed by atoms with Gasteiger partial charge in [0.15, 0.2) is 0 Å². The number of aromatic nitrogens is 2. The van der Waals surface area contributed by atoms with Crippen molar-refractivity contribution in [1.29, 1.82) is 0 Å². The van der Waals surface area contributed by atoms with Gasteiger partial charge in [-0.3, -0.25) is 5.10 Å². The summed E-state index contributed by atoms with van der Waals surface area (Å²) >= 11 is 1.70. The molecule has 0 amide bonds. The second-order valence-corrected chi connectivity index (χ2v) is 3.96. The molecule has 0 aliphatic heterocycles. The molecule has 3 nitrogen and oxygen atoms in total. The number of hydrogen-bond acceptors (Lipinski definition) is 3. The van der Waals surface area contributed by atoms with E-state index < -0.39 is 0 Å². The van der Waals surface area contributed by atoms with Crippen molar-refractivity contribution in [3.8, 4) is 10.6 Å². The van der Waals surface area contributed by atoms with Gasteiger partial charge in [0.2, 0.25) is 0 Å². The fraction of sp³-hybridized carbons (Fsp3) is 0.222. The Kier molecular flexibility index (Phi) is 1.84. The average Bonchev–Trinajstić information content (AvgIpc) is 2.62.